The molecule has 10 heteroatoms. The Hall–Kier alpha value is -3.45. The van der Waals surface area contributed by atoms with Crippen molar-refractivity contribution in [1.82, 2.24) is 19.1 Å². The third kappa shape index (κ3) is 4.83. The highest BCUT2D eigenvalue weighted by Crippen LogP contribution is 2.23. The van der Waals surface area contributed by atoms with Crippen molar-refractivity contribution in [2.24, 2.45) is 13.0 Å². The Morgan fingerprint density at radius 2 is 2.03 bits per heavy atom. The number of anilines is 1. The van der Waals surface area contributed by atoms with Crippen LogP contribution in [0.3, 0.4) is 0 Å². The number of amides is 1. The van der Waals surface area contributed by atoms with Gasteiger partial charge in [0.2, 0.25) is 5.91 Å². The molecule has 0 fully saturated rings. The van der Waals surface area contributed by atoms with Gasteiger partial charge in [0.15, 0.2) is 5.65 Å². The summed E-state index contributed by atoms with van der Waals surface area (Å²) in [5.74, 6) is 0.258. The fourth-order valence-corrected chi connectivity index (χ4v) is 3.93. The zero-order chi connectivity index (χ0) is 22.7. The predicted octanol–water partition coefficient (Wildman–Crippen LogP) is 2.06. The van der Waals surface area contributed by atoms with Gasteiger partial charge in [0, 0.05) is 19.3 Å². The van der Waals surface area contributed by atoms with Crippen LogP contribution in [0.1, 0.15) is 25.2 Å². The summed E-state index contributed by atoms with van der Waals surface area (Å²) in [6.45, 7) is 6.02. The number of hydrogen-bond acceptors (Lipinski definition) is 7. The van der Waals surface area contributed by atoms with Crippen molar-refractivity contribution < 1.29 is 4.79 Å². The van der Waals surface area contributed by atoms with E-state index in [4.69, 9.17) is 5.26 Å². The average molecular weight is 439 g/mol. The molecule has 3 aromatic rings. The minimum absolute atomic E-state index is 0.00516. The molecule has 0 saturated heterocycles. The maximum atomic E-state index is 12.9. The van der Waals surface area contributed by atoms with Crippen molar-refractivity contribution in [2.75, 3.05) is 11.1 Å². The van der Waals surface area contributed by atoms with Gasteiger partial charge in [-0.25, -0.2) is 14.8 Å². The molecule has 0 aliphatic carbocycles. The Kier molecular flexibility index (Phi) is 6.56. The van der Waals surface area contributed by atoms with E-state index >= 15 is 0 Å². The van der Waals surface area contributed by atoms with Crippen LogP contribution in [0.25, 0.3) is 11.0 Å². The highest BCUT2D eigenvalue weighted by molar-refractivity contribution is 8.00. The van der Waals surface area contributed by atoms with E-state index in [9.17, 15) is 14.4 Å². The first kappa shape index (κ1) is 22.2. The minimum Gasteiger partial charge on any atom is -0.325 e. The van der Waals surface area contributed by atoms with E-state index in [2.05, 4.69) is 15.3 Å². The van der Waals surface area contributed by atoms with Gasteiger partial charge in [0.1, 0.15) is 16.2 Å². The molecule has 0 aliphatic heterocycles. The van der Waals surface area contributed by atoms with E-state index in [0.717, 1.165) is 16.3 Å². The maximum absolute atomic E-state index is 12.9. The van der Waals surface area contributed by atoms with Crippen molar-refractivity contribution in [3.05, 3.63) is 56.5 Å². The van der Waals surface area contributed by atoms with Gasteiger partial charge in [0.25, 0.3) is 5.56 Å². The summed E-state index contributed by atoms with van der Waals surface area (Å²) in [7, 11) is 1.42. The molecular formula is C21H22N6O3S. The molecule has 2 aromatic heterocycles. The first-order chi connectivity index (χ1) is 14.7. The molecule has 0 radical (unpaired) electrons. The lowest BCUT2D eigenvalue weighted by Crippen LogP contribution is -2.39. The lowest BCUT2D eigenvalue weighted by atomic mass is 10.2. The van der Waals surface area contributed by atoms with Crippen LogP contribution < -0.4 is 16.6 Å². The number of fused-ring (bicyclic) bond motifs is 1. The normalized spacial score (nSPS) is 11.0. The Morgan fingerprint density at radius 3 is 2.71 bits per heavy atom. The Bertz CT molecular complexity index is 1320. The molecule has 0 saturated carbocycles. The number of benzene rings is 1. The van der Waals surface area contributed by atoms with Crippen molar-refractivity contribution in [2.45, 2.75) is 32.3 Å². The third-order valence-corrected chi connectivity index (χ3v) is 5.40. The van der Waals surface area contributed by atoms with Crippen molar-refractivity contribution in [3.63, 3.8) is 0 Å². The van der Waals surface area contributed by atoms with E-state index in [0.29, 0.717) is 28.6 Å². The van der Waals surface area contributed by atoms with Gasteiger partial charge < -0.3 is 5.32 Å². The number of hydrogen-bond donors (Lipinski definition) is 1. The number of nitriles is 1. The van der Waals surface area contributed by atoms with E-state index in [1.807, 2.05) is 19.9 Å². The zero-order valence-electron chi connectivity index (χ0n) is 17.7. The van der Waals surface area contributed by atoms with E-state index < -0.39 is 11.2 Å². The maximum Gasteiger partial charge on any atom is 0.332 e. The number of carbonyl (C=O) groups is 1. The topological polar surface area (TPSA) is 123 Å². The summed E-state index contributed by atoms with van der Waals surface area (Å²) in [5, 5.41) is 12.3. The molecule has 3 rings (SSSR count). The minimum atomic E-state index is -0.496. The molecule has 9 nitrogen and oxygen atoms in total. The molecule has 31 heavy (non-hydrogen) atoms. The summed E-state index contributed by atoms with van der Waals surface area (Å²) in [6.07, 6.45) is 0. The number of aromatic nitrogens is 4. The van der Waals surface area contributed by atoms with Gasteiger partial charge in [0.05, 0.1) is 17.4 Å². The van der Waals surface area contributed by atoms with E-state index in [-0.39, 0.29) is 28.6 Å². The predicted molar refractivity (Wildman–Crippen MR) is 119 cm³/mol. The van der Waals surface area contributed by atoms with Crippen LogP contribution >= 0.6 is 11.8 Å². The van der Waals surface area contributed by atoms with E-state index in [1.54, 1.807) is 31.2 Å². The van der Waals surface area contributed by atoms with Crippen LogP contribution in [0.5, 0.6) is 0 Å². The first-order valence-corrected chi connectivity index (χ1v) is 10.6. The molecular weight excluding hydrogens is 416 g/mol. The number of thioether (sulfide) groups is 1. The van der Waals surface area contributed by atoms with Gasteiger partial charge in [-0.15, -0.1) is 0 Å². The summed E-state index contributed by atoms with van der Waals surface area (Å²) in [6, 6.07) is 8.61. The van der Waals surface area contributed by atoms with Gasteiger partial charge in [-0.3, -0.25) is 18.7 Å². The molecule has 160 valence electrons. The van der Waals surface area contributed by atoms with Crippen molar-refractivity contribution in [3.8, 4) is 6.07 Å². The summed E-state index contributed by atoms with van der Waals surface area (Å²) >= 11 is 1.10. The number of carbonyl (C=O) groups excluding carboxylic acids is 1. The molecule has 0 atom stereocenters. The first-order valence-electron chi connectivity index (χ1n) is 9.62. The monoisotopic (exact) mass is 438 g/mol. The number of nitrogens with one attached hydrogen (secondary N) is 1. The summed E-state index contributed by atoms with van der Waals surface area (Å²) < 4.78 is 2.52. The second-order valence-corrected chi connectivity index (χ2v) is 8.42. The molecule has 0 bridgehead atoms. The zero-order valence-corrected chi connectivity index (χ0v) is 18.5. The molecule has 0 unspecified atom stereocenters. The van der Waals surface area contributed by atoms with Crippen LogP contribution in [-0.4, -0.2) is 30.8 Å². The van der Waals surface area contributed by atoms with Crippen LogP contribution in [0.15, 0.2) is 38.9 Å². The van der Waals surface area contributed by atoms with Crippen LogP contribution in [0.4, 0.5) is 5.69 Å². The second kappa shape index (κ2) is 9.14. The average Bonchev–Trinajstić information content (AvgIpc) is 2.73. The molecule has 0 aliphatic rings. The van der Waals surface area contributed by atoms with Gasteiger partial charge in [-0.05, 0) is 31.0 Å². The Morgan fingerprint density at radius 1 is 1.29 bits per heavy atom. The summed E-state index contributed by atoms with van der Waals surface area (Å²) in [4.78, 5) is 46.7. The highest BCUT2D eigenvalue weighted by atomic mass is 32.2. The second-order valence-electron chi connectivity index (χ2n) is 7.46. The fraction of sp³-hybridized carbons (Fsp3) is 0.333. The quantitative estimate of drug-likeness (QED) is 0.461. The highest BCUT2D eigenvalue weighted by Gasteiger charge is 2.19. The van der Waals surface area contributed by atoms with E-state index in [1.165, 1.54) is 11.6 Å². The fourth-order valence-electron chi connectivity index (χ4n) is 3.07. The SMILES string of the molecule is Cc1nc(SCC(=O)Nc2cccc(C#N)c2)c2c(=O)n(C)c(=O)n(CC(C)C)c2n1. The van der Waals surface area contributed by atoms with Gasteiger partial charge in [-0.1, -0.05) is 31.7 Å². The Balaban J connectivity index is 1.96. The molecule has 0 spiro atoms. The summed E-state index contributed by atoms with van der Waals surface area (Å²) in [5.41, 5.74) is 0.295. The van der Waals surface area contributed by atoms with Crippen molar-refractivity contribution >= 4 is 34.4 Å². The van der Waals surface area contributed by atoms with Gasteiger partial charge >= 0.3 is 5.69 Å². The lowest BCUT2D eigenvalue weighted by Gasteiger charge is -2.15. The molecule has 1 amide bonds. The van der Waals surface area contributed by atoms with Gasteiger partial charge in [-0.2, -0.15) is 5.26 Å². The smallest absolute Gasteiger partial charge is 0.325 e. The molecule has 1 N–H and O–H groups in total. The van der Waals surface area contributed by atoms with Crippen LogP contribution in [-0.2, 0) is 18.4 Å². The standard InChI is InChI=1S/C21H22N6O3S/c1-12(2)10-27-18-17(20(29)26(4)21(27)30)19(24-13(3)23-18)31-11-16(28)25-15-7-5-6-14(8-15)9-22/h5-8,12H,10-11H2,1-4H3,(H,25,28). The lowest BCUT2D eigenvalue weighted by molar-refractivity contribution is -0.113. The Labute approximate surface area is 182 Å². The number of nitrogens with zero attached hydrogens (tertiary/aromatic N) is 5. The largest absolute Gasteiger partial charge is 0.332 e. The molecule has 2 heterocycles. The van der Waals surface area contributed by atoms with Crippen molar-refractivity contribution in [1.29, 1.82) is 5.26 Å². The van der Waals surface area contributed by atoms with Crippen LogP contribution in [0.2, 0.25) is 0 Å². The number of aryl methyl sites for hydroxylation is 1. The van der Waals surface area contributed by atoms with Crippen LogP contribution in [0, 0.1) is 24.2 Å². The molecule has 1 aromatic carbocycles. The third-order valence-electron chi connectivity index (χ3n) is 4.42. The number of rotatable bonds is 6.